The first-order chi connectivity index (χ1) is 15.9. The Morgan fingerprint density at radius 3 is 2.24 bits per heavy atom. The van der Waals surface area contributed by atoms with Crippen molar-refractivity contribution in [2.45, 2.75) is 92.0 Å². The highest BCUT2D eigenvalue weighted by molar-refractivity contribution is 5.71. The summed E-state index contributed by atoms with van der Waals surface area (Å²) in [5.74, 6) is -2.26. The molecule has 9 atom stereocenters. The number of hydrogen-bond acceptors (Lipinski definition) is 6. The zero-order valence-corrected chi connectivity index (χ0v) is 21.5. The highest BCUT2D eigenvalue weighted by Gasteiger charge is 2.31. The maximum Gasteiger partial charge on any atom is 0.308 e. The Balaban J connectivity index is 3.22. The van der Waals surface area contributed by atoms with Crippen molar-refractivity contribution >= 4 is 11.9 Å². The van der Waals surface area contributed by atoms with Crippen LogP contribution >= 0.6 is 0 Å². The van der Waals surface area contributed by atoms with Crippen LogP contribution in [0.15, 0.2) is 23.8 Å². The molecule has 0 saturated heterocycles. The van der Waals surface area contributed by atoms with Crippen molar-refractivity contribution in [2.24, 2.45) is 35.5 Å². The number of carboxylic acid groups (broad SMARTS) is 1. The lowest BCUT2D eigenvalue weighted by molar-refractivity contribution is -0.159. The van der Waals surface area contributed by atoms with Crippen LogP contribution in [0.5, 0.6) is 0 Å². The fourth-order valence-electron chi connectivity index (χ4n) is 4.83. The van der Waals surface area contributed by atoms with Crippen LogP contribution in [-0.2, 0) is 14.3 Å². The first-order valence-electron chi connectivity index (χ1n) is 12.4. The molecule has 7 heteroatoms. The molecule has 0 saturated carbocycles. The molecule has 0 aliphatic carbocycles. The summed E-state index contributed by atoms with van der Waals surface area (Å²) in [6.45, 7) is 11.4. The number of esters is 1. The zero-order chi connectivity index (χ0) is 26.0. The molecule has 3 N–H and O–H groups in total. The van der Waals surface area contributed by atoms with Gasteiger partial charge in [0.25, 0.3) is 0 Å². The zero-order valence-electron chi connectivity index (χ0n) is 21.5. The van der Waals surface area contributed by atoms with Crippen molar-refractivity contribution in [3.63, 3.8) is 0 Å². The Morgan fingerprint density at radius 2 is 1.68 bits per heavy atom. The summed E-state index contributed by atoms with van der Waals surface area (Å²) in [7, 11) is 0. The normalized spacial score (nSPS) is 37.0. The number of nitrogens with zero attached hydrogens (tertiary/aromatic N) is 1. The van der Waals surface area contributed by atoms with E-state index in [9.17, 15) is 30.2 Å². The summed E-state index contributed by atoms with van der Waals surface area (Å²) in [6, 6.07) is 2.08. The number of carbonyl (C=O) groups is 2. The van der Waals surface area contributed by atoms with Gasteiger partial charge in [0.1, 0.15) is 6.10 Å². The van der Waals surface area contributed by atoms with Crippen molar-refractivity contribution < 1.29 is 29.6 Å². The van der Waals surface area contributed by atoms with Gasteiger partial charge in [-0.1, -0.05) is 53.7 Å². The first kappa shape index (κ1) is 29.9. The average Bonchev–Trinajstić information content (AvgIpc) is 2.75. The van der Waals surface area contributed by atoms with Crippen molar-refractivity contribution in [1.82, 2.24) is 0 Å². The lowest BCUT2D eigenvalue weighted by atomic mass is 9.82. The monoisotopic (exact) mass is 477 g/mol. The number of carboxylic acids is 1. The highest BCUT2D eigenvalue weighted by Crippen LogP contribution is 2.29. The third-order valence-electron chi connectivity index (χ3n) is 7.20. The molecule has 1 unspecified atom stereocenters. The molecular formula is C27H43NO6. The lowest BCUT2D eigenvalue weighted by Gasteiger charge is -2.28. The van der Waals surface area contributed by atoms with Crippen molar-refractivity contribution in [2.75, 3.05) is 0 Å². The van der Waals surface area contributed by atoms with Gasteiger partial charge in [0.05, 0.1) is 36.2 Å². The maximum absolute atomic E-state index is 12.6. The molecular weight excluding hydrogens is 434 g/mol. The number of aliphatic hydroxyl groups is 2. The van der Waals surface area contributed by atoms with E-state index in [4.69, 9.17) is 4.74 Å². The van der Waals surface area contributed by atoms with Gasteiger partial charge in [-0.2, -0.15) is 5.26 Å². The number of aliphatic carboxylic acids is 1. The number of nitriles is 1. The second kappa shape index (κ2) is 14.3. The molecule has 1 aliphatic rings. The molecule has 192 valence electrons. The maximum atomic E-state index is 12.6. The van der Waals surface area contributed by atoms with E-state index in [1.54, 1.807) is 32.1 Å². The van der Waals surface area contributed by atoms with Crippen LogP contribution in [0.4, 0.5) is 0 Å². The second-order valence-corrected chi connectivity index (χ2v) is 10.5. The minimum Gasteiger partial charge on any atom is -0.481 e. The molecule has 0 bridgehead atoms. The van der Waals surface area contributed by atoms with Crippen molar-refractivity contribution in [3.05, 3.63) is 23.8 Å². The predicted octanol–water partition coefficient (Wildman–Crippen LogP) is 4.49. The molecule has 34 heavy (non-hydrogen) atoms. The standard InChI is InChI=1S/C27H43NO6/c1-16-11-17(2)13-19(4)26(31)22(15-28)9-7-8-10-24(20(5)21(6)27(32)33)34-25(30)14-23(29)18(3)12-16/h7-9,16-21,23-24,26,29,31H,10-14H2,1-6H3,(H,32,33)/b8-7+,22-9-/t16-,17+,18-,19-,20+,21-,23-,24?,26+/m0/s1. The fraction of sp³-hybridized carbons (Fsp3) is 0.741. The summed E-state index contributed by atoms with van der Waals surface area (Å²) in [6.07, 6.45) is 5.04. The summed E-state index contributed by atoms with van der Waals surface area (Å²) < 4.78 is 5.63. The molecule has 0 amide bonds. The molecule has 0 radical (unpaired) electrons. The summed E-state index contributed by atoms with van der Waals surface area (Å²) in [5.41, 5.74) is 0.266. The number of aliphatic hydroxyl groups excluding tert-OH is 2. The molecule has 0 aromatic heterocycles. The Hall–Kier alpha value is -2.17. The van der Waals surface area contributed by atoms with Crippen LogP contribution in [0.3, 0.4) is 0 Å². The molecule has 1 aliphatic heterocycles. The van der Waals surface area contributed by atoms with Crippen molar-refractivity contribution in [3.8, 4) is 6.07 Å². The minimum atomic E-state index is -0.979. The van der Waals surface area contributed by atoms with E-state index in [0.717, 1.165) is 19.3 Å². The van der Waals surface area contributed by atoms with E-state index in [2.05, 4.69) is 19.9 Å². The quantitative estimate of drug-likeness (QED) is 0.511. The van der Waals surface area contributed by atoms with Gasteiger partial charge < -0.3 is 20.1 Å². The Morgan fingerprint density at radius 1 is 1.09 bits per heavy atom. The van der Waals surface area contributed by atoms with Crippen molar-refractivity contribution in [1.29, 1.82) is 5.26 Å². The van der Waals surface area contributed by atoms with Crippen LogP contribution in [0.2, 0.25) is 0 Å². The number of cyclic esters (lactones) is 1. The number of rotatable bonds is 3. The SMILES string of the molecule is C[C@@H]1C[C@H](C)C[C@H](C)[C@@H](O)CC(=O)OC([C@H](C)[C@H](C)C(=O)O)C/C=C/C=C(/C#N)[C@H](O)[C@@H](C)C1. The molecule has 7 nitrogen and oxygen atoms in total. The number of ether oxygens (including phenoxy) is 1. The van der Waals surface area contributed by atoms with Gasteiger partial charge >= 0.3 is 11.9 Å². The third kappa shape index (κ3) is 9.60. The van der Waals surface area contributed by atoms with E-state index in [1.165, 1.54) is 0 Å². The molecule has 1 heterocycles. The Labute approximate surface area is 204 Å². The Kier molecular flexibility index (Phi) is 12.5. The average molecular weight is 478 g/mol. The molecule has 0 aromatic carbocycles. The van der Waals surface area contributed by atoms with Crippen LogP contribution in [0, 0.1) is 46.8 Å². The van der Waals surface area contributed by atoms with Crippen LogP contribution in [0.1, 0.15) is 73.6 Å². The first-order valence-corrected chi connectivity index (χ1v) is 12.4. The van der Waals surface area contributed by atoms with Gasteiger partial charge in [-0.05, 0) is 49.0 Å². The fourth-order valence-corrected chi connectivity index (χ4v) is 4.83. The summed E-state index contributed by atoms with van der Waals surface area (Å²) >= 11 is 0. The van der Waals surface area contributed by atoms with Gasteiger partial charge in [0, 0.05) is 12.3 Å². The molecule has 1 rings (SSSR count). The van der Waals surface area contributed by atoms with Crippen LogP contribution in [-0.4, -0.2) is 45.6 Å². The number of allylic oxidation sites excluding steroid dienone is 2. The van der Waals surface area contributed by atoms with Gasteiger partial charge in [-0.3, -0.25) is 9.59 Å². The Bertz CT molecular complexity index is 770. The highest BCUT2D eigenvalue weighted by atomic mass is 16.5. The third-order valence-corrected chi connectivity index (χ3v) is 7.20. The largest absolute Gasteiger partial charge is 0.481 e. The van der Waals surface area contributed by atoms with E-state index in [-0.39, 0.29) is 30.3 Å². The van der Waals surface area contributed by atoms with E-state index in [1.807, 2.05) is 13.8 Å². The predicted molar refractivity (Wildman–Crippen MR) is 130 cm³/mol. The van der Waals surface area contributed by atoms with E-state index >= 15 is 0 Å². The summed E-state index contributed by atoms with van der Waals surface area (Å²) in [4.78, 5) is 24.1. The number of carbonyl (C=O) groups excluding carboxylic acids is 1. The number of hydrogen-bond donors (Lipinski definition) is 3. The second-order valence-electron chi connectivity index (χ2n) is 10.5. The minimum absolute atomic E-state index is 0.0893. The summed E-state index contributed by atoms with van der Waals surface area (Å²) in [5, 5.41) is 40.2. The van der Waals surface area contributed by atoms with Crippen LogP contribution < -0.4 is 0 Å². The topological polar surface area (TPSA) is 128 Å². The van der Waals surface area contributed by atoms with E-state index in [0.29, 0.717) is 11.8 Å². The molecule has 0 aromatic rings. The molecule has 0 fully saturated rings. The molecule has 0 spiro atoms. The van der Waals surface area contributed by atoms with Crippen LogP contribution in [0.25, 0.3) is 0 Å². The lowest BCUT2D eigenvalue weighted by Crippen LogP contribution is -2.34. The van der Waals surface area contributed by atoms with Gasteiger partial charge in [0.2, 0.25) is 0 Å². The smallest absolute Gasteiger partial charge is 0.308 e. The van der Waals surface area contributed by atoms with Gasteiger partial charge in [-0.15, -0.1) is 0 Å². The van der Waals surface area contributed by atoms with Gasteiger partial charge in [0.15, 0.2) is 0 Å². The van der Waals surface area contributed by atoms with Gasteiger partial charge in [-0.25, -0.2) is 0 Å². The van der Waals surface area contributed by atoms with E-state index < -0.39 is 42.1 Å².